The number of anilines is 1. The van der Waals surface area contributed by atoms with E-state index in [1.807, 2.05) is 7.05 Å². The van der Waals surface area contributed by atoms with Gasteiger partial charge in [0.2, 0.25) is 0 Å². The quantitative estimate of drug-likeness (QED) is 0.882. The first-order valence-electron chi connectivity index (χ1n) is 6.71. The summed E-state index contributed by atoms with van der Waals surface area (Å²) in [4.78, 5) is 6.99. The number of morpholine rings is 1. The molecular weight excluding hydrogens is 226 g/mol. The van der Waals surface area contributed by atoms with Gasteiger partial charge < -0.3 is 15.0 Å². The standard InChI is InChI=1S/C14H23N3O/c1-4-13-10-17(5-6-18-13)14-8-12(9-15-3)7-11(2)16-14/h7-8,13,15H,4-6,9-10H2,1-3H3. The number of aryl methyl sites for hydroxylation is 1. The molecule has 0 radical (unpaired) electrons. The molecule has 18 heavy (non-hydrogen) atoms. The van der Waals surface area contributed by atoms with E-state index in [0.29, 0.717) is 6.10 Å². The lowest BCUT2D eigenvalue weighted by molar-refractivity contribution is 0.0381. The lowest BCUT2D eigenvalue weighted by atomic mass is 10.2. The molecule has 1 atom stereocenters. The van der Waals surface area contributed by atoms with Gasteiger partial charge in [0.05, 0.1) is 12.7 Å². The van der Waals surface area contributed by atoms with E-state index in [0.717, 1.165) is 44.2 Å². The third-order valence-electron chi connectivity index (χ3n) is 3.30. The summed E-state index contributed by atoms with van der Waals surface area (Å²) >= 11 is 0. The molecule has 4 heteroatoms. The number of ether oxygens (including phenoxy) is 1. The molecule has 0 bridgehead atoms. The van der Waals surface area contributed by atoms with Gasteiger partial charge in [0.25, 0.3) is 0 Å². The monoisotopic (exact) mass is 249 g/mol. The maximum atomic E-state index is 5.71. The summed E-state index contributed by atoms with van der Waals surface area (Å²) in [6.45, 7) is 7.80. The Morgan fingerprint density at radius 1 is 1.50 bits per heavy atom. The van der Waals surface area contributed by atoms with E-state index in [1.54, 1.807) is 0 Å². The zero-order chi connectivity index (χ0) is 13.0. The molecular formula is C14H23N3O. The van der Waals surface area contributed by atoms with Gasteiger partial charge in [-0.25, -0.2) is 4.98 Å². The lowest BCUT2D eigenvalue weighted by Crippen LogP contribution is -2.42. The van der Waals surface area contributed by atoms with Gasteiger partial charge in [-0.1, -0.05) is 6.92 Å². The number of nitrogens with one attached hydrogen (secondary N) is 1. The zero-order valence-electron chi connectivity index (χ0n) is 11.6. The second-order valence-corrected chi connectivity index (χ2v) is 4.85. The Morgan fingerprint density at radius 2 is 2.33 bits per heavy atom. The average Bonchev–Trinajstić information content (AvgIpc) is 2.38. The van der Waals surface area contributed by atoms with E-state index in [4.69, 9.17) is 4.74 Å². The summed E-state index contributed by atoms with van der Waals surface area (Å²) in [5, 5.41) is 3.19. The third kappa shape index (κ3) is 3.21. The van der Waals surface area contributed by atoms with Crippen LogP contribution >= 0.6 is 0 Å². The summed E-state index contributed by atoms with van der Waals surface area (Å²) in [7, 11) is 1.97. The van der Waals surface area contributed by atoms with Crippen LogP contribution in [0.15, 0.2) is 12.1 Å². The van der Waals surface area contributed by atoms with E-state index in [-0.39, 0.29) is 0 Å². The maximum absolute atomic E-state index is 5.71. The van der Waals surface area contributed by atoms with Crippen molar-refractivity contribution in [3.05, 3.63) is 23.4 Å². The molecule has 1 unspecified atom stereocenters. The minimum absolute atomic E-state index is 0.341. The van der Waals surface area contributed by atoms with Crippen LogP contribution in [0.1, 0.15) is 24.6 Å². The zero-order valence-corrected chi connectivity index (χ0v) is 11.6. The minimum Gasteiger partial charge on any atom is -0.375 e. The first-order chi connectivity index (χ1) is 8.72. The number of pyridine rings is 1. The molecule has 0 saturated carbocycles. The van der Waals surface area contributed by atoms with Crippen LogP contribution in [-0.4, -0.2) is 37.8 Å². The first-order valence-corrected chi connectivity index (χ1v) is 6.71. The Morgan fingerprint density at radius 3 is 3.06 bits per heavy atom. The number of hydrogen-bond acceptors (Lipinski definition) is 4. The van der Waals surface area contributed by atoms with Crippen molar-refractivity contribution in [3.63, 3.8) is 0 Å². The molecule has 2 rings (SSSR count). The Hall–Kier alpha value is -1.13. The van der Waals surface area contributed by atoms with E-state index in [2.05, 4.69) is 41.2 Å². The van der Waals surface area contributed by atoms with Gasteiger partial charge in [0, 0.05) is 25.3 Å². The maximum Gasteiger partial charge on any atom is 0.129 e. The van der Waals surface area contributed by atoms with Gasteiger partial charge in [-0.3, -0.25) is 0 Å². The predicted molar refractivity (Wildman–Crippen MR) is 74.0 cm³/mol. The molecule has 1 aliphatic heterocycles. The molecule has 1 aromatic heterocycles. The van der Waals surface area contributed by atoms with Crippen LogP contribution in [0.3, 0.4) is 0 Å². The smallest absolute Gasteiger partial charge is 0.129 e. The second kappa shape index (κ2) is 6.16. The van der Waals surface area contributed by atoms with Crippen molar-refractivity contribution in [3.8, 4) is 0 Å². The predicted octanol–water partition coefficient (Wildman–Crippen LogP) is 1.72. The summed E-state index contributed by atoms with van der Waals surface area (Å²) < 4.78 is 5.71. The van der Waals surface area contributed by atoms with Crippen molar-refractivity contribution in [2.24, 2.45) is 0 Å². The van der Waals surface area contributed by atoms with Crippen molar-refractivity contribution in [2.45, 2.75) is 32.9 Å². The Labute approximate surface area is 109 Å². The van der Waals surface area contributed by atoms with E-state index in [9.17, 15) is 0 Å². The summed E-state index contributed by atoms with van der Waals surface area (Å²) in [6, 6.07) is 4.32. The van der Waals surface area contributed by atoms with Gasteiger partial charge in [0.1, 0.15) is 5.82 Å². The number of aromatic nitrogens is 1. The highest BCUT2D eigenvalue weighted by molar-refractivity contribution is 5.43. The van der Waals surface area contributed by atoms with Crippen molar-refractivity contribution < 1.29 is 4.74 Å². The highest BCUT2D eigenvalue weighted by Gasteiger charge is 2.20. The van der Waals surface area contributed by atoms with Crippen molar-refractivity contribution in [1.29, 1.82) is 0 Å². The number of hydrogen-bond donors (Lipinski definition) is 1. The highest BCUT2D eigenvalue weighted by atomic mass is 16.5. The van der Waals surface area contributed by atoms with Gasteiger partial charge >= 0.3 is 0 Å². The number of rotatable bonds is 4. The van der Waals surface area contributed by atoms with E-state index in [1.165, 1.54) is 5.56 Å². The molecule has 1 saturated heterocycles. The molecule has 1 N–H and O–H groups in total. The van der Waals surface area contributed by atoms with Gasteiger partial charge in [-0.05, 0) is 38.1 Å². The van der Waals surface area contributed by atoms with Gasteiger partial charge in [-0.2, -0.15) is 0 Å². The highest BCUT2D eigenvalue weighted by Crippen LogP contribution is 2.19. The molecule has 0 amide bonds. The fraction of sp³-hybridized carbons (Fsp3) is 0.643. The minimum atomic E-state index is 0.341. The Kier molecular flexibility index (Phi) is 4.55. The Balaban J connectivity index is 2.16. The van der Waals surface area contributed by atoms with Crippen LogP contribution < -0.4 is 10.2 Å². The summed E-state index contributed by atoms with van der Waals surface area (Å²) in [5.74, 6) is 1.09. The van der Waals surface area contributed by atoms with Crippen LogP contribution in [0.25, 0.3) is 0 Å². The van der Waals surface area contributed by atoms with E-state index < -0.39 is 0 Å². The molecule has 4 nitrogen and oxygen atoms in total. The van der Waals surface area contributed by atoms with Crippen molar-refractivity contribution >= 4 is 5.82 Å². The topological polar surface area (TPSA) is 37.4 Å². The van der Waals surface area contributed by atoms with Crippen molar-refractivity contribution in [2.75, 3.05) is 31.6 Å². The van der Waals surface area contributed by atoms with Crippen LogP contribution in [0.4, 0.5) is 5.82 Å². The second-order valence-electron chi connectivity index (χ2n) is 4.85. The Bertz CT molecular complexity index is 395. The molecule has 1 fully saturated rings. The SMILES string of the molecule is CCC1CN(c2cc(CNC)cc(C)n2)CCO1. The molecule has 2 heterocycles. The molecule has 100 valence electrons. The molecule has 0 spiro atoms. The summed E-state index contributed by atoms with van der Waals surface area (Å²) in [5.41, 5.74) is 2.37. The largest absolute Gasteiger partial charge is 0.375 e. The molecule has 1 aromatic rings. The van der Waals surface area contributed by atoms with Crippen LogP contribution in [0.5, 0.6) is 0 Å². The van der Waals surface area contributed by atoms with Crippen LogP contribution in [0, 0.1) is 6.92 Å². The fourth-order valence-electron chi connectivity index (χ4n) is 2.36. The van der Waals surface area contributed by atoms with Crippen LogP contribution in [-0.2, 0) is 11.3 Å². The third-order valence-corrected chi connectivity index (χ3v) is 3.30. The molecule has 0 aliphatic carbocycles. The first kappa shape index (κ1) is 13.3. The van der Waals surface area contributed by atoms with Crippen LogP contribution in [0.2, 0.25) is 0 Å². The summed E-state index contributed by atoms with van der Waals surface area (Å²) in [6.07, 6.45) is 1.40. The van der Waals surface area contributed by atoms with Gasteiger partial charge in [-0.15, -0.1) is 0 Å². The van der Waals surface area contributed by atoms with Gasteiger partial charge in [0.15, 0.2) is 0 Å². The fourth-order valence-corrected chi connectivity index (χ4v) is 2.36. The normalized spacial score (nSPS) is 20.2. The molecule has 1 aliphatic rings. The van der Waals surface area contributed by atoms with Crippen molar-refractivity contribution in [1.82, 2.24) is 10.3 Å². The average molecular weight is 249 g/mol. The van der Waals surface area contributed by atoms with E-state index >= 15 is 0 Å². The lowest BCUT2D eigenvalue weighted by Gasteiger charge is -2.33. The molecule has 0 aromatic carbocycles. The number of nitrogens with zero attached hydrogens (tertiary/aromatic N) is 2.